The highest BCUT2D eigenvalue weighted by molar-refractivity contribution is 7.98. The van der Waals surface area contributed by atoms with Crippen LogP contribution in [0.2, 0.25) is 5.02 Å². The molecule has 0 amide bonds. The lowest BCUT2D eigenvalue weighted by atomic mass is 9.76. The Balaban J connectivity index is 1.59. The predicted octanol–water partition coefficient (Wildman–Crippen LogP) is 5.42. The van der Waals surface area contributed by atoms with Crippen molar-refractivity contribution >= 4 is 29.1 Å². The molecular weight excluding hydrogens is 286 g/mol. The number of thioether (sulfide) groups is 1. The van der Waals surface area contributed by atoms with Gasteiger partial charge >= 0.3 is 0 Å². The fraction of sp³-hybridized carbons (Fsp3) is 0.294. The average molecular weight is 304 g/mol. The molecule has 2 aromatic carbocycles. The van der Waals surface area contributed by atoms with Crippen molar-refractivity contribution in [3.05, 3.63) is 59.1 Å². The van der Waals surface area contributed by atoms with Crippen LogP contribution in [0.25, 0.3) is 0 Å². The van der Waals surface area contributed by atoms with Crippen LogP contribution in [-0.2, 0) is 0 Å². The topological polar surface area (TPSA) is 12.0 Å². The first-order valence-electron chi connectivity index (χ1n) is 6.91. The van der Waals surface area contributed by atoms with Crippen molar-refractivity contribution in [3.63, 3.8) is 0 Å². The molecule has 1 aliphatic rings. The third kappa shape index (κ3) is 2.97. The van der Waals surface area contributed by atoms with Crippen LogP contribution in [0.3, 0.4) is 0 Å². The van der Waals surface area contributed by atoms with Crippen LogP contribution < -0.4 is 5.32 Å². The maximum absolute atomic E-state index is 6.26. The summed E-state index contributed by atoms with van der Waals surface area (Å²) in [5.74, 6) is 0.602. The number of rotatable bonds is 4. The molecular formula is C17H18ClNS. The summed E-state index contributed by atoms with van der Waals surface area (Å²) in [4.78, 5) is 1.30. The van der Waals surface area contributed by atoms with Gasteiger partial charge in [-0.1, -0.05) is 35.9 Å². The molecule has 104 valence electrons. The molecule has 0 spiro atoms. The Morgan fingerprint density at radius 3 is 2.65 bits per heavy atom. The van der Waals surface area contributed by atoms with E-state index < -0.39 is 0 Å². The Hall–Kier alpha value is -1.12. The zero-order valence-corrected chi connectivity index (χ0v) is 13.0. The monoisotopic (exact) mass is 303 g/mol. The van der Waals surface area contributed by atoms with Gasteiger partial charge in [0.2, 0.25) is 0 Å². The largest absolute Gasteiger partial charge is 0.382 e. The van der Waals surface area contributed by atoms with E-state index in [0.29, 0.717) is 12.0 Å². The van der Waals surface area contributed by atoms with Crippen molar-refractivity contribution in [1.82, 2.24) is 0 Å². The molecule has 3 rings (SSSR count). The van der Waals surface area contributed by atoms with E-state index >= 15 is 0 Å². The van der Waals surface area contributed by atoms with Crippen molar-refractivity contribution in [1.29, 1.82) is 0 Å². The highest BCUT2D eigenvalue weighted by Gasteiger charge is 2.31. The van der Waals surface area contributed by atoms with Gasteiger partial charge in [0.15, 0.2) is 0 Å². The van der Waals surface area contributed by atoms with Gasteiger partial charge < -0.3 is 5.32 Å². The van der Waals surface area contributed by atoms with E-state index in [2.05, 4.69) is 48.0 Å². The van der Waals surface area contributed by atoms with Crippen LogP contribution in [-0.4, -0.2) is 12.3 Å². The van der Waals surface area contributed by atoms with Crippen LogP contribution in [0, 0.1) is 0 Å². The molecule has 20 heavy (non-hydrogen) atoms. The minimum absolute atomic E-state index is 0.563. The first kappa shape index (κ1) is 13.8. The van der Waals surface area contributed by atoms with Crippen LogP contribution in [0.5, 0.6) is 0 Å². The molecule has 0 unspecified atom stereocenters. The van der Waals surface area contributed by atoms with E-state index in [4.69, 9.17) is 11.6 Å². The quantitative estimate of drug-likeness (QED) is 0.757. The Morgan fingerprint density at radius 1 is 1.10 bits per heavy atom. The highest BCUT2D eigenvalue weighted by Crippen LogP contribution is 2.41. The Labute approximate surface area is 129 Å². The van der Waals surface area contributed by atoms with Gasteiger partial charge in [-0.25, -0.2) is 0 Å². The van der Waals surface area contributed by atoms with E-state index in [0.717, 1.165) is 17.9 Å². The number of anilines is 1. The summed E-state index contributed by atoms with van der Waals surface area (Å²) in [7, 11) is 0. The van der Waals surface area contributed by atoms with Gasteiger partial charge in [-0.15, -0.1) is 11.8 Å². The lowest BCUT2D eigenvalue weighted by Gasteiger charge is -2.37. The van der Waals surface area contributed by atoms with Crippen molar-refractivity contribution < 1.29 is 0 Å². The second-order valence-corrected chi connectivity index (χ2v) is 6.55. The van der Waals surface area contributed by atoms with Gasteiger partial charge in [-0.3, -0.25) is 0 Å². The minimum atomic E-state index is 0.563. The smallest absolute Gasteiger partial charge is 0.0440 e. The Kier molecular flexibility index (Phi) is 4.23. The van der Waals surface area contributed by atoms with Crippen molar-refractivity contribution in [2.75, 3.05) is 11.6 Å². The molecule has 0 atom stereocenters. The van der Waals surface area contributed by atoms with Crippen molar-refractivity contribution in [2.45, 2.75) is 29.7 Å². The van der Waals surface area contributed by atoms with Crippen molar-refractivity contribution in [3.8, 4) is 0 Å². The second-order valence-electron chi connectivity index (χ2n) is 5.26. The van der Waals surface area contributed by atoms with Crippen LogP contribution >= 0.6 is 23.4 Å². The molecule has 1 nitrogen and oxygen atoms in total. The van der Waals surface area contributed by atoms with Gasteiger partial charge in [0.25, 0.3) is 0 Å². The van der Waals surface area contributed by atoms with Gasteiger partial charge in [0.1, 0.15) is 0 Å². The van der Waals surface area contributed by atoms with Gasteiger partial charge in [-0.2, -0.15) is 0 Å². The van der Waals surface area contributed by atoms with Crippen molar-refractivity contribution in [2.24, 2.45) is 0 Å². The molecule has 0 bridgehead atoms. The maximum Gasteiger partial charge on any atom is 0.0440 e. The first-order valence-corrected chi connectivity index (χ1v) is 8.51. The van der Waals surface area contributed by atoms with E-state index in [-0.39, 0.29) is 0 Å². The molecule has 0 aromatic heterocycles. The average Bonchev–Trinajstić information content (AvgIpc) is 2.44. The third-order valence-corrected chi connectivity index (χ3v) is 4.99. The van der Waals surface area contributed by atoms with Gasteiger partial charge in [-0.05, 0) is 54.8 Å². The number of benzene rings is 2. The third-order valence-electron chi connectivity index (χ3n) is 3.92. The normalized spacial score (nSPS) is 21.3. The standard InChI is InChI=1S/C17H18ClNS/c1-20-15-6-4-5-13(11-15)19-14-9-12(10-14)16-7-2-3-8-17(16)18/h2-8,11-12,14,19H,9-10H2,1H3. The maximum atomic E-state index is 6.26. The Morgan fingerprint density at radius 2 is 1.90 bits per heavy atom. The molecule has 1 N–H and O–H groups in total. The molecule has 0 radical (unpaired) electrons. The molecule has 1 saturated carbocycles. The van der Waals surface area contributed by atoms with Crippen LogP contribution in [0.1, 0.15) is 24.3 Å². The second kappa shape index (κ2) is 6.11. The predicted molar refractivity (Wildman–Crippen MR) is 89.1 cm³/mol. The first-order chi connectivity index (χ1) is 9.76. The van der Waals surface area contributed by atoms with Crippen LogP contribution in [0.4, 0.5) is 5.69 Å². The summed E-state index contributed by atoms with van der Waals surface area (Å²) in [6, 6.07) is 17.4. The molecule has 0 aliphatic heterocycles. The van der Waals surface area contributed by atoms with E-state index in [1.807, 2.05) is 12.1 Å². The molecule has 0 saturated heterocycles. The van der Waals surface area contributed by atoms with Crippen LogP contribution in [0.15, 0.2) is 53.4 Å². The van der Waals surface area contributed by atoms with Gasteiger partial charge in [0, 0.05) is 21.6 Å². The molecule has 2 aromatic rings. The number of nitrogens with one attached hydrogen (secondary N) is 1. The SMILES string of the molecule is CSc1cccc(NC2CC(c3ccccc3Cl)C2)c1. The summed E-state index contributed by atoms with van der Waals surface area (Å²) in [5.41, 5.74) is 2.52. The van der Waals surface area contributed by atoms with E-state index in [1.54, 1.807) is 11.8 Å². The van der Waals surface area contributed by atoms with E-state index in [9.17, 15) is 0 Å². The fourth-order valence-electron chi connectivity index (χ4n) is 2.74. The van der Waals surface area contributed by atoms with E-state index in [1.165, 1.54) is 16.1 Å². The molecule has 1 fully saturated rings. The zero-order valence-electron chi connectivity index (χ0n) is 11.5. The minimum Gasteiger partial charge on any atom is -0.382 e. The summed E-state index contributed by atoms with van der Waals surface area (Å²) < 4.78 is 0. The zero-order chi connectivity index (χ0) is 13.9. The summed E-state index contributed by atoms with van der Waals surface area (Å²) >= 11 is 8.03. The molecule has 1 aliphatic carbocycles. The molecule has 3 heteroatoms. The lowest BCUT2D eigenvalue weighted by molar-refractivity contribution is 0.374. The number of halogens is 1. The molecule has 0 heterocycles. The highest BCUT2D eigenvalue weighted by atomic mass is 35.5. The number of hydrogen-bond acceptors (Lipinski definition) is 2. The lowest BCUT2D eigenvalue weighted by Crippen LogP contribution is -2.34. The summed E-state index contributed by atoms with van der Waals surface area (Å²) in [5, 5.41) is 4.52. The Bertz CT molecular complexity index is 593. The summed E-state index contributed by atoms with van der Waals surface area (Å²) in [6.07, 6.45) is 4.43. The summed E-state index contributed by atoms with van der Waals surface area (Å²) in [6.45, 7) is 0. The number of hydrogen-bond donors (Lipinski definition) is 1. The fourth-order valence-corrected chi connectivity index (χ4v) is 3.49. The van der Waals surface area contributed by atoms with Gasteiger partial charge in [0.05, 0.1) is 0 Å².